The molecule has 0 radical (unpaired) electrons. The van der Waals surface area contributed by atoms with Crippen molar-refractivity contribution in [2.45, 2.75) is 17.7 Å². The van der Waals surface area contributed by atoms with Gasteiger partial charge in [0.25, 0.3) is 6.08 Å². The van der Waals surface area contributed by atoms with Gasteiger partial charge in [0.2, 0.25) is 14.2 Å². The third kappa shape index (κ3) is 3.50. The molecule has 8 heteroatoms. The lowest BCUT2D eigenvalue weighted by atomic mass is 10.5. The van der Waals surface area contributed by atoms with E-state index in [0.29, 0.717) is 16.1 Å². The van der Waals surface area contributed by atoms with E-state index in [-0.39, 0.29) is 10.8 Å². The van der Waals surface area contributed by atoms with Gasteiger partial charge in [0, 0.05) is 0 Å². The largest absolute Gasteiger partial charge is 0.266 e. The number of thiazole rings is 1. The number of hydrogen-bond acceptors (Lipinski definition) is 4. The summed E-state index contributed by atoms with van der Waals surface area (Å²) in [5.74, 6) is -0.395. The van der Waals surface area contributed by atoms with E-state index < -0.39 is 21.7 Å². The predicted octanol–water partition coefficient (Wildman–Crippen LogP) is 3.05. The predicted molar refractivity (Wildman–Crippen MR) is 58.8 cm³/mol. The Labute approximate surface area is 101 Å². The van der Waals surface area contributed by atoms with Crippen molar-refractivity contribution in [3.05, 3.63) is 22.2 Å². The Balaban J connectivity index is 2.82. The Kier molecular flexibility index (Phi) is 4.40. The van der Waals surface area contributed by atoms with Crippen molar-refractivity contribution >= 4 is 32.8 Å². The standard InChI is InChI=1S/C8H8ClF2NO2S2/c1-5-7(9)15-8(12-5)16(13,14)4-2-3-6(10)11/h3H,2,4H2,1H3. The Hall–Kier alpha value is -0.530. The van der Waals surface area contributed by atoms with Gasteiger partial charge in [-0.15, -0.1) is 0 Å². The number of sulfone groups is 1. The molecule has 0 atom stereocenters. The summed E-state index contributed by atoms with van der Waals surface area (Å²) >= 11 is 6.52. The molecule has 1 aromatic rings. The first-order valence-corrected chi connectivity index (χ1v) is 7.04. The Morgan fingerprint density at radius 2 is 2.19 bits per heavy atom. The van der Waals surface area contributed by atoms with E-state index in [2.05, 4.69) is 4.98 Å². The van der Waals surface area contributed by atoms with Gasteiger partial charge in [0.1, 0.15) is 4.34 Å². The van der Waals surface area contributed by atoms with Crippen molar-refractivity contribution in [3.63, 3.8) is 0 Å². The minimum absolute atomic E-state index is 0.123. The first kappa shape index (κ1) is 13.5. The van der Waals surface area contributed by atoms with Crippen LogP contribution in [0, 0.1) is 6.92 Å². The number of aromatic nitrogens is 1. The van der Waals surface area contributed by atoms with Gasteiger partial charge in [0.05, 0.1) is 11.4 Å². The number of halogens is 3. The average Bonchev–Trinajstić information content (AvgIpc) is 2.46. The molecule has 0 saturated carbocycles. The summed E-state index contributed by atoms with van der Waals surface area (Å²) < 4.78 is 46.8. The fourth-order valence-electron chi connectivity index (χ4n) is 0.898. The highest BCUT2D eigenvalue weighted by atomic mass is 35.5. The maximum absolute atomic E-state index is 11.7. The molecule has 3 nitrogen and oxygen atoms in total. The van der Waals surface area contributed by atoms with E-state index in [0.717, 1.165) is 11.3 Å². The number of allylic oxidation sites excluding steroid dienone is 1. The number of aryl methyl sites for hydroxylation is 1. The molecular weight excluding hydrogens is 280 g/mol. The highest BCUT2D eigenvalue weighted by molar-refractivity contribution is 7.93. The quantitative estimate of drug-likeness (QED) is 0.855. The highest BCUT2D eigenvalue weighted by Gasteiger charge is 2.19. The molecular formula is C8H8ClF2NO2S2. The van der Waals surface area contributed by atoms with Crippen LogP contribution in [0.25, 0.3) is 0 Å². The Bertz CT molecular complexity index is 487. The van der Waals surface area contributed by atoms with Gasteiger partial charge < -0.3 is 0 Å². The monoisotopic (exact) mass is 287 g/mol. The zero-order valence-electron chi connectivity index (χ0n) is 8.21. The molecule has 16 heavy (non-hydrogen) atoms. The lowest BCUT2D eigenvalue weighted by Gasteiger charge is -1.96. The lowest BCUT2D eigenvalue weighted by Crippen LogP contribution is -2.05. The summed E-state index contributed by atoms with van der Waals surface area (Å²) in [6.45, 7) is 1.58. The van der Waals surface area contributed by atoms with Gasteiger partial charge in [-0.3, -0.25) is 0 Å². The Morgan fingerprint density at radius 1 is 1.56 bits per heavy atom. The molecule has 90 valence electrons. The molecule has 0 bridgehead atoms. The van der Waals surface area contributed by atoms with Crippen LogP contribution in [0.15, 0.2) is 16.5 Å². The van der Waals surface area contributed by atoms with Crippen LogP contribution in [-0.2, 0) is 9.84 Å². The second kappa shape index (κ2) is 5.20. The van der Waals surface area contributed by atoms with Crippen LogP contribution >= 0.6 is 22.9 Å². The van der Waals surface area contributed by atoms with E-state index in [1.54, 1.807) is 6.92 Å². The number of rotatable bonds is 4. The zero-order chi connectivity index (χ0) is 12.3. The van der Waals surface area contributed by atoms with Crippen LogP contribution in [0.3, 0.4) is 0 Å². The first-order chi connectivity index (χ1) is 7.33. The van der Waals surface area contributed by atoms with Crippen LogP contribution in [0.2, 0.25) is 4.34 Å². The molecule has 1 rings (SSSR count). The second-order valence-electron chi connectivity index (χ2n) is 2.94. The molecule has 0 fully saturated rings. The van der Waals surface area contributed by atoms with Gasteiger partial charge in [-0.2, -0.15) is 8.78 Å². The smallest absolute Gasteiger partial charge is 0.229 e. The van der Waals surface area contributed by atoms with Gasteiger partial charge in [0.15, 0.2) is 0 Å². The normalized spacial score (nSPS) is 11.5. The third-order valence-corrected chi connectivity index (χ3v) is 5.33. The maximum atomic E-state index is 11.7. The summed E-state index contributed by atoms with van der Waals surface area (Å²) in [7, 11) is -3.61. The molecule has 0 aliphatic rings. The molecule has 0 spiro atoms. The topological polar surface area (TPSA) is 47.0 Å². The average molecular weight is 288 g/mol. The zero-order valence-corrected chi connectivity index (χ0v) is 10.6. The SMILES string of the molecule is Cc1nc(S(=O)(=O)CCC=C(F)F)sc1Cl. The van der Waals surface area contributed by atoms with Gasteiger partial charge >= 0.3 is 0 Å². The summed E-state index contributed by atoms with van der Waals surface area (Å²) in [5, 5.41) is 0. The number of nitrogens with zero attached hydrogens (tertiary/aromatic N) is 1. The lowest BCUT2D eigenvalue weighted by molar-refractivity contribution is 0.418. The van der Waals surface area contributed by atoms with Gasteiger partial charge in [-0.05, 0) is 19.4 Å². The fourth-order valence-corrected chi connectivity index (χ4v) is 3.71. The molecule has 0 amide bonds. The molecule has 0 aliphatic carbocycles. The van der Waals surface area contributed by atoms with E-state index in [1.807, 2.05) is 0 Å². The minimum Gasteiger partial charge on any atom is -0.229 e. The molecule has 1 heterocycles. The highest BCUT2D eigenvalue weighted by Crippen LogP contribution is 2.27. The van der Waals surface area contributed by atoms with E-state index in [4.69, 9.17) is 11.6 Å². The van der Waals surface area contributed by atoms with Gasteiger partial charge in [-0.1, -0.05) is 22.9 Å². The number of hydrogen-bond donors (Lipinski definition) is 0. The van der Waals surface area contributed by atoms with Crippen molar-refractivity contribution < 1.29 is 17.2 Å². The minimum atomic E-state index is -3.61. The molecule has 0 aliphatic heterocycles. The van der Waals surface area contributed by atoms with E-state index >= 15 is 0 Å². The summed E-state index contributed by atoms with van der Waals surface area (Å²) in [4.78, 5) is 3.77. The Morgan fingerprint density at radius 3 is 2.62 bits per heavy atom. The summed E-state index contributed by atoms with van der Waals surface area (Å²) in [6.07, 6.45) is -1.55. The maximum Gasteiger partial charge on any atom is 0.266 e. The summed E-state index contributed by atoms with van der Waals surface area (Å²) in [5.41, 5.74) is 0.428. The molecule has 0 aromatic carbocycles. The van der Waals surface area contributed by atoms with Crippen molar-refractivity contribution in [2.24, 2.45) is 0 Å². The third-order valence-electron chi connectivity index (χ3n) is 1.67. The molecule has 0 N–H and O–H groups in total. The van der Waals surface area contributed by atoms with E-state index in [1.165, 1.54) is 0 Å². The van der Waals surface area contributed by atoms with Crippen molar-refractivity contribution in [1.29, 1.82) is 0 Å². The molecule has 1 aromatic heterocycles. The van der Waals surface area contributed by atoms with Gasteiger partial charge in [-0.25, -0.2) is 13.4 Å². The van der Waals surface area contributed by atoms with Crippen molar-refractivity contribution in [3.8, 4) is 0 Å². The van der Waals surface area contributed by atoms with Crippen molar-refractivity contribution in [1.82, 2.24) is 4.98 Å². The van der Waals surface area contributed by atoms with Crippen molar-refractivity contribution in [2.75, 3.05) is 5.75 Å². The summed E-state index contributed by atoms with van der Waals surface area (Å²) in [6, 6.07) is 0. The van der Waals surface area contributed by atoms with Crippen LogP contribution in [0.5, 0.6) is 0 Å². The van der Waals surface area contributed by atoms with Crippen LogP contribution in [0.4, 0.5) is 8.78 Å². The first-order valence-electron chi connectivity index (χ1n) is 4.20. The second-order valence-corrected chi connectivity index (χ2v) is 6.82. The fraction of sp³-hybridized carbons (Fsp3) is 0.375. The van der Waals surface area contributed by atoms with Crippen LogP contribution in [0.1, 0.15) is 12.1 Å². The van der Waals surface area contributed by atoms with Crippen LogP contribution in [-0.4, -0.2) is 19.2 Å². The van der Waals surface area contributed by atoms with Crippen LogP contribution < -0.4 is 0 Å². The van der Waals surface area contributed by atoms with E-state index in [9.17, 15) is 17.2 Å². The molecule has 0 unspecified atom stereocenters. The molecule has 0 saturated heterocycles.